The Morgan fingerprint density at radius 1 is 1.09 bits per heavy atom. The van der Waals surface area contributed by atoms with E-state index in [2.05, 4.69) is 45.3 Å². The maximum Gasteiger partial charge on any atom is 0.317 e. The van der Waals surface area contributed by atoms with Crippen molar-refractivity contribution in [3.63, 3.8) is 0 Å². The van der Waals surface area contributed by atoms with E-state index in [0.29, 0.717) is 24.5 Å². The molecule has 23 heavy (non-hydrogen) atoms. The molecule has 0 radical (unpaired) electrons. The van der Waals surface area contributed by atoms with Crippen LogP contribution in [0.1, 0.15) is 47.5 Å². The molecule has 0 aromatic rings. The average Bonchev–Trinajstić information content (AvgIpc) is 3.34. The largest absolute Gasteiger partial charge is 0.338 e. The van der Waals surface area contributed by atoms with Crippen molar-refractivity contribution in [1.29, 1.82) is 0 Å². The zero-order valence-corrected chi connectivity index (χ0v) is 15.2. The minimum atomic E-state index is 0.0538. The van der Waals surface area contributed by atoms with Crippen LogP contribution < -0.4 is 10.6 Å². The van der Waals surface area contributed by atoms with E-state index in [1.54, 1.807) is 0 Å². The van der Waals surface area contributed by atoms with E-state index >= 15 is 0 Å². The SMILES string of the molecule is CC(CCNC(=O)N1CC1C)CC(C)(C)CNC(=O)N1CC1C. The van der Waals surface area contributed by atoms with E-state index in [1.807, 2.05) is 9.80 Å². The van der Waals surface area contributed by atoms with Crippen molar-refractivity contribution in [2.45, 2.75) is 59.5 Å². The van der Waals surface area contributed by atoms with Gasteiger partial charge in [0.25, 0.3) is 0 Å². The Hall–Kier alpha value is -1.46. The third-order valence-corrected chi connectivity index (χ3v) is 4.77. The number of urea groups is 2. The maximum absolute atomic E-state index is 11.9. The predicted molar refractivity (Wildman–Crippen MR) is 91.3 cm³/mol. The van der Waals surface area contributed by atoms with Gasteiger partial charge in [0.2, 0.25) is 0 Å². The van der Waals surface area contributed by atoms with Crippen LogP contribution in [0.25, 0.3) is 0 Å². The molecule has 0 aromatic heterocycles. The lowest BCUT2D eigenvalue weighted by molar-refractivity contribution is 0.210. The van der Waals surface area contributed by atoms with Crippen LogP contribution in [-0.4, -0.2) is 60.1 Å². The highest BCUT2D eigenvalue weighted by Gasteiger charge is 2.35. The lowest BCUT2D eigenvalue weighted by atomic mass is 9.82. The van der Waals surface area contributed by atoms with Gasteiger partial charge in [-0.1, -0.05) is 20.8 Å². The summed E-state index contributed by atoms with van der Waals surface area (Å²) >= 11 is 0. The lowest BCUT2D eigenvalue weighted by Crippen LogP contribution is -2.38. The fourth-order valence-electron chi connectivity index (χ4n) is 3.10. The quantitative estimate of drug-likeness (QED) is 0.706. The second-order valence-electron chi connectivity index (χ2n) is 8.16. The van der Waals surface area contributed by atoms with Crippen LogP contribution in [-0.2, 0) is 0 Å². The second kappa shape index (κ2) is 6.97. The van der Waals surface area contributed by atoms with E-state index in [1.165, 1.54) is 0 Å². The zero-order valence-electron chi connectivity index (χ0n) is 15.2. The summed E-state index contributed by atoms with van der Waals surface area (Å²) < 4.78 is 0. The van der Waals surface area contributed by atoms with Crippen molar-refractivity contribution >= 4 is 12.1 Å². The van der Waals surface area contributed by atoms with Crippen LogP contribution in [0.5, 0.6) is 0 Å². The second-order valence-corrected chi connectivity index (χ2v) is 8.16. The molecule has 6 nitrogen and oxygen atoms in total. The van der Waals surface area contributed by atoms with Gasteiger partial charge < -0.3 is 20.4 Å². The van der Waals surface area contributed by atoms with Crippen LogP contribution in [0.4, 0.5) is 9.59 Å². The Morgan fingerprint density at radius 3 is 2.04 bits per heavy atom. The van der Waals surface area contributed by atoms with Gasteiger partial charge in [-0.2, -0.15) is 0 Å². The minimum absolute atomic E-state index is 0.0538. The number of amides is 4. The summed E-state index contributed by atoms with van der Waals surface area (Å²) in [6.07, 6.45) is 1.99. The van der Waals surface area contributed by atoms with E-state index < -0.39 is 0 Å². The van der Waals surface area contributed by atoms with Gasteiger partial charge >= 0.3 is 12.1 Å². The van der Waals surface area contributed by atoms with Crippen molar-refractivity contribution < 1.29 is 9.59 Å². The van der Waals surface area contributed by atoms with E-state index in [4.69, 9.17) is 0 Å². The smallest absolute Gasteiger partial charge is 0.317 e. The van der Waals surface area contributed by atoms with Crippen molar-refractivity contribution in [2.75, 3.05) is 26.2 Å². The van der Waals surface area contributed by atoms with Gasteiger partial charge in [-0.05, 0) is 38.0 Å². The summed E-state index contributed by atoms with van der Waals surface area (Å²) in [4.78, 5) is 27.2. The van der Waals surface area contributed by atoms with Gasteiger partial charge in [0.05, 0.1) is 0 Å². The molecule has 2 saturated heterocycles. The number of carbonyl (C=O) groups is 2. The molecule has 6 heteroatoms. The fraction of sp³-hybridized carbons (Fsp3) is 0.882. The van der Waals surface area contributed by atoms with E-state index in [-0.39, 0.29) is 17.5 Å². The highest BCUT2D eigenvalue weighted by atomic mass is 16.2. The Labute approximate surface area is 140 Å². The molecule has 2 heterocycles. The van der Waals surface area contributed by atoms with Crippen molar-refractivity contribution in [2.24, 2.45) is 11.3 Å². The Balaban J connectivity index is 1.59. The first kappa shape index (κ1) is 17.9. The summed E-state index contributed by atoms with van der Waals surface area (Å²) in [5.41, 5.74) is 0.0623. The molecule has 3 unspecified atom stereocenters. The van der Waals surface area contributed by atoms with Gasteiger partial charge in [-0.3, -0.25) is 0 Å². The number of hydrogen-bond donors (Lipinski definition) is 2. The molecule has 0 aliphatic carbocycles. The van der Waals surface area contributed by atoms with Gasteiger partial charge in [0, 0.05) is 38.3 Å². The molecule has 132 valence electrons. The molecular weight excluding hydrogens is 292 g/mol. The molecule has 2 aliphatic heterocycles. The van der Waals surface area contributed by atoms with Crippen LogP contribution in [0, 0.1) is 11.3 Å². The normalized spacial score (nSPS) is 24.2. The lowest BCUT2D eigenvalue weighted by Gasteiger charge is -2.28. The molecule has 2 aliphatic rings. The van der Waals surface area contributed by atoms with Gasteiger partial charge in [-0.25, -0.2) is 9.59 Å². The topological polar surface area (TPSA) is 64.2 Å². The molecule has 2 N–H and O–H groups in total. The van der Waals surface area contributed by atoms with Gasteiger partial charge in [0.15, 0.2) is 0 Å². The highest BCUT2D eigenvalue weighted by Crippen LogP contribution is 2.26. The Morgan fingerprint density at radius 2 is 1.57 bits per heavy atom. The first-order chi connectivity index (χ1) is 10.7. The van der Waals surface area contributed by atoms with Crippen molar-refractivity contribution in [3.05, 3.63) is 0 Å². The summed E-state index contributed by atoms with van der Waals surface area (Å²) in [5.74, 6) is 0.508. The standard InChI is InChI=1S/C17H32N4O2/c1-12(6-7-18-15(22)20-9-13(20)2)8-17(4,5)11-19-16(23)21-10-14(21)3/h12-14H,6-11H2,1-5H3,(H,18,22)(H,19,23). The zero-order chi connectivity index (χ0) is 17.2. The number of rotatable bonds is 7. The first-order valence-electron chi connectivity index (χ1n) is 8.78. The summed E-state index contributed by atoms with van der Waals surface area (Å²) in [7, 11) is 0. The summed E-state index contributed by atoms with van der Waals surface area (Å²) in [6, 6.07) is 0.910. The van der Waals surface area contributed by atoms with Crippen LogP contribution >= 0.6 is 0 Å². The molecule has 0 saturated carbocycles. The molecule has 0 bridgehead atoms. The van der Waals surface area contributed by atoms with Crippen LogP contribution in [0.3, 0.4) is 0 Å². The van der Waals surface area contributed by atoms with Gasteiger partial charge in [0.1, 0.15) is 0 Å². The van der Waals surface area contributed by atoms with Crippen molar-refractivity contribution in [1.82, 2.24) is 20.4 Å². The molecule has 0 aromatic carbocycles. The number of nitrogens with one attached hydrogen (secondary N) is 2. The third-order valence-electron chi connectivity index (χ3n) is 4.77. The minimum Gasteiger partial charge on any atom is -0.338 e. The first-order valence-corrected chi connectivity index (χ1v) is 8.78. The molecule has 3 atom stereocenters. The molecular formula is C17H32N4O2. The van der Waals surface area contributed by atoms with Crippen LogP contribution in [0.2, 0.25) is 0 Å². The Bertz CT molecular complexity index is 452. The summed E-state index contributed by atoms with van der Waals surface area (Å²) in [6.45, 7) is 13.9. The predicted octanol–water partition coefficient (Wildman–Crippen LogP) is 2.26. The molecule has 2 rings (SSSR count). The third kappa shape index (κ3) is 5.59. The van der Waals surface area contributed by atoms with Crippen molar-refractivity contribution in [3.8, 4) is 0 Å². The van der Waals surface area contributed by atoms with Crippen LogP contribution in [0.15, 0.2) is 0 Å². The molecule has 0 spiro atoms. The molecule has 2 fully saturated rings. The van der Waals surface area contributed by atoms with E-state index in [0.717, 1.165) is 32.5 Å². The molecule has 4 amide bonds. The monoisotopic (exact) mass is 324 g/mol. The number of nitrogens with zero attached hydrogens (tertiary/aromatic N) is 2. The summed E-state index contributed by atoms with van der Waals surface area (Å²) in [5, 5.41) is 6.01. The average molecular weight is 324 g/mol. The number of hydrogen-bond acceptors (Lipinski definition) is 2. The highest BCUT2D eigenvalue weighted by molar-refractivity contribution is 5.77. The Kier molecular flexibility index (Phi) is 5.42. The van der Waals surface area contributed by atoms with E-state index in [9.17, 15) is 9.59 Å². The van der Waals surface area contributed by atoms with Gasteiger partial charge in [-0.15, -0.1) is 0 Å². The maximum atomic E-state index is 11.9. The fourth-order valence-corrected chi connectivity index (χ4v) is 3.10. The number of carbonyl (C=O) groups excluding carboxylic acids is 2.